The summed E-state index contributed by atoms with van der Waals surface area (Å²) in [5.41, 5.74) is 1.77. The summed E-state index contributed by atoms with van der Waals surface area (Å²) in [5.74, 6) is 0.426. The molecule has 1 aliphatic heterocycles. The normalized spacial score (nSPS) is 17.7. The number of hydrogen-bond acceptors (Lipinski definition) is 6. The Balaban J connectivity index is 1.48. The first-order valence-electron chi connectivity index (χ1n) is 8.99. The van der Waals surface area contributed by atoms with Crippen LogP contribution in [-0.2, 0) is 6.54 Å². The highest BCUT2D eigenvalue weighted by Crippen LogP contribution is 2.28. The summed E-state index contributed by atoms with van der Waals surface area (Å²) in [6, 6.07) is 13.0. The van der Waals surface area contributed by atoms with E-state index in [1.807, 2.05) is 30.3 Å². The van der Waals surface area contributed by atoms with Gasteiger partial charge in [-0.3, -0.25) is 9.88 Å². The number of benzene rings is 1. The van der Waals surface area contributed by atoms with Crippen LogP contribution in [0, 0.1) is 0 Å². The molecular weight excluding hydrogens is 344 g/mol. The third-order valence-corrected chi connectivity index (χ3v) is 4.82. The fraction of sp³-hybridized carbons (Fsp3) is 0.300. The maximum atomic E-state index is 11.4. The van der Waals surface area contributed by atoms with Gasteiger partial charge in [0.15, 0.2) is 0 Å². The van der Waals surface area contributed by atoms with Crippen LogP contribution < -0.4 is 0 Å². The minimum Gasteiger partial charge on any atom is -0.478 e. The first-order valence-corrected chi connectivity index (χ1v) is 8.99. The van der Waals surface area contributed by atoms with Gasteiger partial charge in [0.1, 0.15) is 0 Å². The average molecular weight is 364 g/mol. The predicted octanol–water partition coefficient (Wildman–Crippen LogP) is 3.21. The summed E-state index contributed by atoms with van der Waals surface area (Å²) in [4.78, 5) is 22.4. The monoisotopic (exact) mass is 364 g/mol. The van der Waals surface area contributed by atoms with Gasteiger partial charge in [-0.05, 0) is 31.5 Å². The topological polar surface area (TPSA) is 92.3 Å². The minimum atomic E-state index is -0.948. The Labute approximate surface area is 156 Å². The first kappa shape index (κ1) is 17.4. The van der Waals surface area contributed by atoms with Gasteiger partial charge in [-0.15, -0.1) is 0 Å². The zero-order valence-electron chi connectivity index (χ0n) is 14.8. The van der Waals surface area contributed by atoms with E-state index in [4.69, 9.17) is 4.52 Å². The number of hydrogen-bond donors (Lipinski definition) is 1. The fourth-order valence-corrected chi connectivity index (χ4v) is 3.48. The highest BCUT2D eigenvalue weighted by molar-refractivity contribution is 5.88. The van der Waals surface area contributed by atoms with Gasteiger partial charge < -0.3 is 9.63 Å². The van der Waals surface area contributed by atoms with Crippen molar-refractivity contribution in [1.82, 2.24) is 20.0 Å². The van der Waals surface area contributed by atoms with Crippen molar-refractivity contribution in [1.29, 1.82) is 0 Å². The number of pyridine rings is 1. The van der Waals surface area contributed by atoms with Crippen LogP contribution >= 0.6 is 0 Å². The van der Waals surface area contributed by atoms with Crippen molar-refractivity contribution in [2.75, 3.05) is 13.1 Å². The molecule has 2 aromatic heterocycles. The molecule has 1 aliphatic rings. The summed E-state index contributed by atoms with van der Waals surface area (Å²) < 4.78 is 5.52. The van der Waals surface area contributed by atoms with Crippen molar-refractivity contribution in [3.63, 3.8) is 0 Å². The van der Waals surface area contributed by atoms with Gasteiger partial charge in [0.25, 0.3) is 0 Å². The number of carbonyl (C=O) groups is 1. The van der Waals surface area contributed by atoms with Crippen molar-refractivity contribution in [3.8, 4) is 11.4 Å². The molecule has 1 N–H and O–H groups in total. The molecule has 4 rings (SSSR count). The number of carboxylic acid groups (broad SMARTS) is 1. The van der Waals surface area contributed by atoms with Crippen molar-refractivity contribution in [3.05, 3.63) is 65.8 Å². The van der Waals surface area contributed by atoms with E-state index in [2.05, 4.69) is 20.0 Å². The van der Waals surface area contributed by atoms with Crippen LogP contribution in [-0.4, -0.2) is 44.2 Å². The predicted molar refractivity (Wildman–Crippen MR) is 98.2 cm³/mol. The summed E-state index contributed by atoms with van der Waals surface area (Å²) in [6.45, 7) is 2.14. The molecule has 7 heteroatoms. The molecule has 0 saturated carbocycles. The van der Waals surface area contributed by atoms with Crippen LogP contribution in [0.3, 0.4) is 0 Å². The van der Waals surface area contributed by atoms with E-state index in [1.165, 1.54) is 0 Å². The fourth-order valence-electron chi connectivity index (χ4n) is 3.48. The SMILES string of the molecule is O=C(O)c1cccnc1CN1CCC[C@@H](c2nc(-c3ccccc3)no2)C1. The van der Waals surface area contributed by atoms with Gasteiger partial charge in [0.05, 0.1) is 17.2 Å². The van der Waals surface area contributed by atoms with Gasteiger partial charge in [-0.2, -0.15) is 4.98 Å². The average Bonchev–Trinajstić information content (AvgIpc) is 3.19. The number of aromatic carboxylic acids is 1. The quantitative estimate of drug-likeness (QED) is 0.743. The van der Waals surface area contributed by atoms with Crippen molar-refractivity contribution >= 4 is 5.97 Å². The Kier molecular flexibility index (Phi) is 4.93. The van der Waals surface area contributed by atoms with Gasteiger partial charge in [-0.1, -0.05) is 35.5 Å². The van der Waals surface area contributed by atoms with Crippen LogP contribution in [0.25, 0.3) is 11.4 Å². The molecule has 0 bridgehead atoms. The maximum Gasteiger partial charge on any atom is 0.337 e. The van der Waals surface area contributed by atoms with E-state index in [9.17, 15) is 9.90 Å². The van der Waals surface area contributed by atoms with E-state index in [1.54, 1.807) is 18.3 Å². The summed E-state index contributed by atoms with van der Waals surface area (Å²) in [7, 11) is 0. The molecule has 3 heterocycles. The number of aromatic nitrogens is 3. The third-order valence-electron chi connectivity index (χ3n) is 4.82. The van der Waals surface area contributed by atoms with Crippen LogP contribution in [0.2, 0.25) is 0 Å². The van der Waals surface area contributed by atoms with Gasteiger partial charge in [0, 0.05) is 24.8 Å². The van der Waals surface area contributed by atoms with Gasteiger partial charge in [0.2, 0.25) is 11.7 Å². The van der Waals surface area contributed by atoms with Crippen molar-refractivity contribution < 1.29 is 14.4 Å². The number of rotatable bonds is 5. The smallest absolute Gasteiger partial charge is 0.337 e. The molecule has 138 valence electrons. The maximum absolute atomic E-state index is 11.4. The lowest BCUT2D eigenvalue weighted by Crippen LogP contribution is -2.34. The molecular formula is C20H20N4O3. The van der Waals surface area contributed by atoms with E-state index in [0.717, 1.165) is 31.5 Å². The molecule has 3 aromatic rings. The molecule has 0 spiro atoms. The molecule has 27 heavy (non-hydrogen) atoms. The Morgan fingerprint density at radius 3 is 2.89 bits per heavy atom. The highest BCUT2D eigenvalue weighted by Gasteiger charge is 2.27. The molecule has 0 aliphatic carbocycles. The van der Waals surface area contributed by atoms with Gasteiger partial charge >= 0.3 is 5.97 Å². The van der Waals surface area contributed by atoms with Crippen LogP contribution in [0.5, 0.6) is 0 Å². The first-order chi connectivity index (χ1) is 13.2. The molecule has 1 aromatic carbocycles. The number of carboxylic acids is 1. The lowest BCUT2D eigenvalue weighted by atomic mass is 9.97. The Bertz CT molecular complexity index is 926. The Morgan fingerprint density at radius 2 is 2.07 bits per heavy atom. The molecule has 0 unspecified atom stereocenters. The molecule has 1 fully saturated rings. The number of piperidine rings is 1. The Hall–Kier alpha value is -3.06. The van der Waals surface area contributed by atoms with Crippen LogP contribution in [0.4, 0.5) is 0 Å². The van der Waals surface area contributed by atoms with E-state index >= 15 is 0 Å². The second kappa shape index (κ2) is 7.67. The lowest BCUT2D eigenvalue weighted by molar-refractivity contribution is 0.0693. The molecule has 0 amide bonds. The van der Waals surface area contributed by atoms with E-state index in [-0.39, 0.29) is 11.5 Å². The standard InChI is InChI=1S/C20H20N4O3/c25-20(26)16-9-4-10-21-17(16)13-24-11-5-8-15(12-24)19-22-18(23-27-19)14-6-2-1-3-7-14/h1-4,6-7,9-10,15H,5,8,11-13H2,(H,25,26)/t15-/m1/s1. The second-order valence-corrected chi connectivity index (χ2v) is 6.70. The van der Waals surface area contributed by atoms with Crippen LogP contribution in [0.15, 0.2) is 53.2 Å². The van der Waals surface area contributed by atoms with Crippen LogP contribution in [0.1, 0.15) is 40.7 Å². The van der Waals surface area contributed by atoms with Crippen molar-refractivity contribution in [2.24, 2.45) is 0 Å². The Morgan fingerprint density at radius 1 is 1.22 bits per heavy atom. The van der Waals surface area contributed by atoms with Gasteiger partial charge in [-0.25, -0.2) is 4.79 Å². The van der Waals surface area contributed by atoms with Crippen molar-refractivity contribution in [2.45, 2.75) is 25.3 Å². The number of nitrogens with zero attached hydrogens (tertiary/aromatic N) is 4. The summed E-state index contributed by atoms with van der Waals surface area (Å²) in [6.07, 6.45) is 3.59. The minimum absolute atomic E-state index is 0.140. The highest BCUT2D eigenvalue weighted by atomic mass is 16.5. The second-order valence-electron chi connectivity index (χ2n) is 6.70. The molecule has 7 nitrogen and oxygen atoms in total. The zero-order valence-corrected chi connectivity index (χ0v) is 14.8. The largest absolute Gasteiger partial charge is 0.478 e. The molecule has 1 atom stereocenters. The number of likely N-dealkylation sites (tertiary alicyclic amines) is 1. The zero-order chi connectivity index (χ0) is 18.6. The molecule has 1 saturated heterocycles. The third kappa shape index (κ3) is 3.88. The summed E-state index contributed by atoms with van der Waals surface area (Å²) in [5, 5.41) is 13.5. The van der Waals surface area contributed by atoms with E-state index in [0.29, 0.717) is 24.0 Å². The van der Waals surface area contributed by atoms with E-state index < -0.39 is 5.97 Å². The lowest BCUT2D eigenvalue weighted by Gasteiger charge is -2.30. The molecule has 0 radical (unpaired) electrons. The summed E-state index contributed by atoms with van der Waals surface area (Å²) >= 11 is 0.